The Balaban J connectivity index is 1.49. The van der Waals surface area contributed by atoms with Crippen molar-refractivity contribution < 1.29 is 27.1 Å². The minimum absolute atomic E-state index is 0.0341. The van der Waals surface area contributed by atoms with Gasteiger partial charge < -0.3 is 5.11 Å². The molecular weight excluding hydrogens is 663 g/mol. The first kappa shape index (κ1) is 32.7. The van der Waals surface area contributed by atoms with Crippen LogP contribution in [-0.2, 0) is 28.3 Å². The second-order valence-corrected chi connectivity index (χ2v) is 15.9. The molecule has 1 aliphatic carbocycles. The number of nitrogens with zero attached hydrogens (tertiary/aromatic N) is 3. The largest absolute Gasteiger partial charge is 0.476 e. The van der Waals surface area contributed by atoms with Crippen molar-refractivity contribution >= 4 is 38.7 Å². The van der Waals surface area contributed by atoms with Crippen molar-refractivity contribution in [3.63, 3.8) is 0 Å². The van der Waals surface area contributed by atoms with Crippen LogP contribution in [0.4, 0.5) is 8.78 Å². The van der Waals surface area contributed by atoms with Crippen LogP contribution in [0.5, 0.6) is 0 Å². The number of carboxylic acid groups (broad SMARTS) is 1. The summed E-state index contributed by atoms with van der Waals surface area (Å²) in [5, 5.41) is 21.4. The molecule has 242 valence electrons. The van der Waals surface area contributed by atoms with E-state index in [2.05, 4.69) is 37.6 Å². The van der Waals surface area contributed by atoms with E-state index < -0.39 is 32.5 Å². The maximum atomic E-state index is 15.1. The Hall–Kier alpha value is -4.22. The third-order valence-electron chi connectivity index (χ3n) is 7.75. The van der Waals surface area contributed by atoms with Crippen LogP contribution in [0.2, 0.25) is 0 Å². The van der Waals surface area contributed by atoms with Gasteiger partial charge in [0.1, 0.15) is 16.5 Å². The lowest BCUT2D eigenvalue weighted by atomic mass is 9.95. The number of thiophene rings is 1. The van der Waals surface area contributed by atoms with Gasteiger partial charge in [-0.15, -0.1) is 22.7 Å². The van der Waals surface area contributed by atoms with Crippen molar-refractivity contribution in [1.82, 2.24) is 14.8 Å². The van der Waals surface area contributed by atoms with Gasteiger partial charge in [0.2, 0.25) is 15.2 Å². The van der Waals surface area contributed by atoms with Gasteiger partial charge in [-0.3, -0.25) is 0 Å². The Morgan fingerprint density at radius 3 is 2.47 bits per heavy atom. The number of hydrogen-bond donors (Lipinski definition) is 2. The van der Waals surface area contributed by atoms with Gasteiger partial charge in [0.25, 0.3) is 0 Å². The summed E-state index contributed by atoms with van der Waals surface area (Å²) in [6.07, 6.45) is 2.77. The minimum atomic E-state index is -4.26. The van der Waals surface area contributed by atoms with E-state index in [9.17, 15) is 22.7 Å². The van der Waals surface area contributed by atoms with Gasteiger partial charge in [-0.05, 0) is 78.6 Å². The van der Waals surface area contributed by atoms with Crippen molar-refractivity contribution in [1.29, 1.82) is 0 Å². The molecule has 0 saturated heterocycles. The van der Waals surface area contributed by atoms with Crippen LogP contribution in [0.15, 0.2) is 58.8 Å². The van der Waals surface area contributed by atoms with Gasteiger partial charge in [0.15, 0.2) is 5.69 Å². The van der Waals surface area contributed by atoms with E-state index in [4.69, 9.17) is 10.2 Å². The predicted octanol–water partition coefficient (Wildman–Crippen LogP) is 6.92. The van der Waals surface area contributed by atoms with Crippen LogP contribution in [0, 0.1) is 29.4 Å². The molecule has 0 amide bonds. The molecule has 8 nitrogen and oxygen atoms in total. The highest BCUT2D eigenvalue weighted by Gasteiger charge is 2.30. The van der Waals surface area contributed by atoms with E-state index in [1.165, 1.54) is 17.5 Å². The minimum Gasteiger partial charge on any atom is -0.476 e. The Labute approximate surface area is 279 Å². The molecule has 3 N–H and O–H groups in total. The summed E-state index contributed by atoms with van der Waals surface area (Å²) >= 11 is 2.68. The first-order valence-electron chi connectivity index (χ1n) is 14.7. The highest BCUT2D eigenvalue weighted by Crippen LogP contribution is 2.38. The van der Waals surface area contributed by atoms with E-state index in [1.54, 1.807) is 28.2 Å². The number of primary sulfonamides is 1. The van der Waals surface area contributed by atoms with Gasteiger partial charge in [-0.1, -0.05) is 38.7 Å². The number of nitrogens with two attached hydrogens (primary N) is 1. The van der Waals surface area contributed by atoms with Gasteiger partial charge in [-0.25, -0.2) is 36.8 Å². The number of aromatic carboxylic acids is 1. The molecule has 1 fully saturated rings. The van der Waals surface area contributed by atoms with Gasteiger partial charge in [0.05, 0.1) is 21.8 Å². The molecule has 0 bridgehead atoms. The summed E-state index contributed by atoms with van der Waals surface area (Å²) in [6, 6.07) is 12.2. The van der Waals surface area contributed by atoms with E-state index in [0.29, 0.717) is 39.9 Å². The van der Waals surface area contributed by atoms with Crippen molar-refractivity contribution in [3.8, 4) is 28.2 Å². The van der Waals surface area contributed by atoms with E-state index in [1.807, 2.05) is 12.1 Å². The zero-order valence-corrected chi connectivity index (χ0v) is 28.1. The monoisotopic (exact) mass is 692 g/mol. The Bertz CT molecular complexity index is 2200. The van der Waals surface area contributed by atoms with Crippen LogP contribution in [0.25, 0.3) is 16.4 Å². The fourth-order valence-electron chi connectivity index (χ4n) is 5.12. The Kier molecular flexibility index (Phi) is 8.65. The molecule has 2 aromatic carbocycles. The number of thiazole rings is 1. The van der Waals surface area contributed by atoms with Gasteiger partial charge in [0, 0.05) is 27.8 Å². The van der Waals surface area contributed by atoms with Crippen LogP contribution in [-0.4, -0.2) is 34.3 Å². The standard InChI is InChI=1S/C34H30F2N4O4S3/c1-34(2,3)30-13-10-23(46-30)9-7-21-17-22(8-11-25(21)35)31-24(14-20-6-12-29(26(36)15-20)47(37,43)44)28(16-19-4-5-19)40(39-31)33-38-27(18-45-33)32(41)42/h6,8,10-13,15,17-19H,4-5,14,16H2,1-3H3,(H,41,42)(H2,37,43,44). The quantitative estimate of drug-likeness (QED) is 0.170. The average molecular weight is 693 g/mol. The number of hydrogen-bond acceptors (Lipinski definition) is 7. The molecule has 1 aliphatic rings. The number of halogens is 2. The lowest BCUT2D eigenvalue weighted by molar-refractivity contribution is 0.0691. The summed E-state index contributed by atoms with van der Waals surface area (Å²) in [7, 11) is -4.26. The molecule has 0 aliphatic heterocycles. The molecule has 13 heteroatoms. The fourth-order valence-corrected chi connectivity index (χ4v) is 7.40. The second kappa shape index (κ2) is 12.4. The number of aromatic nitrogens is 3. The van der Waals surface area contributed by atoms with E-state index in [-0.39, 0.29) is 23.1 Å². The molecule has 3 heterocycles. The zero-order valence-electron chi connectivity index (χ0n) is 25.7. The SMILES string of the molecule is CC(C)(C)c1ccc(C#Cc2cc(-c3nn(-c4nc(C(=O)O)cs4)c(CC4CC4)c3Cc3ccc(S(N)(=O)=O)c(F)c3)ccc2F)s1. The average Bonchev–Trinajstić information content (AvgIpc) is 3.34. The first-order chi connectivity index (χ1) is 22.2. The van der Waals surface area contributed by atoms with E-state index in [0.717, 1.165) is 51.8 Å². The maximum absolute atomic E-state index is 15.1. The molecule has 3 aromatic heterocycles. The summed E-state index contributed by atoms with van der Waals surface area (Å²) < 4.78 is 55.4. The summed E-state index contributed by atoms with van der Waals surface area (Å²) in [5.74, 6) is 3.77. The fraction of sp³-hybridized carbons (Fsp3) is 0.265. The van der Waals surface area contributed by atoms with Crippen molar-refractivity contribution in [2.24, 2.45) is 11.1 Å². The molecule has 0 radical (unpaired) electrons. The third-order valence-corrected chi connectivity index (χ3v) is 10.9. The normalized spacial score (nSPS) is 13.4. The van der Waals surface area contributed by atoms with Crippen molar-refractivity contribution in [2.75, 3.05) is 0 Å². The first-order valence-corrected chi connectivity index (χ1v) is 17.9. The number of carbonyl (C=O) groups is 1. The molecule has 0 spiro atoms. The predicted molar refractivity (Wildman–Crippen MR) is 178 cm³/mol. The molecule has 0 atom stereocenters. The number of rotatable bonds is 8. The Morgan fingerprint density at radius 1 is 1.09 bits per heavy atom. The maximum Gasteiger partial charge on any atom is 0.355 e. The Morgan fingerprint density at radius 2 is 1.85 bits per heavy atom. The molecule has 6 rings (SSSR count). The molecule has 47 heavy (non-hydrogen) atoms. The van der Waals surface area contributed by atoms with Crippen LogP contribution >= 0.6 is 22.7 Å². The summed E-state index contributed by atoms with van der Waals surface area (Å²) in [6.45, 7) is 6.35. The zero-order chi connectivity index (χ0) is 33.7. The van der Waals surface area contributed by atoms with Crippen molar-refractivity contribution in [3.05, 3.63) is 103 Å². The third kappa shape index (κ3) is 7.21. The lowest BCUT2D eigenvalue weighted by Crippen LogP contribution is -2.14. The second-order valence-electron chi connectivity index (χ2n) is 12.5. The number of sulfonamides is 1. The van der Waals surface area contributed by atoms with Crippen LogP contribution in [0.1, 0.15) is 76.2 Å². The highest BCUT2D eigenvalue weighted by atomic mass is 32.2. The number of benzene rings is 2. The van der Waals surface area contributed by atoms with Crippen LogP contribution < -0.4 is 5.14 Å². The molecule has 0 unspecified atom stereocenters. The van der Waals surface area contributed by atoms with Crippen molar-refractivity contribution in [2.45, 2.75) is 56.8 Å². The van der Waals surface area contributed by atoms with E-state index >= 15 is 4.39 Å². The molecule has 1 saturated carbocycles. The molecule has 5 aromatic rings. The topological polar surface area (TPSA) is 128 Å². The molecular formula is C34H30F2N4O4S3. The van der Waals surface area contributed by atoms with Crippen LogP contribution in [0.3, 0.4) is 0 Å². The number of carboxylic acids is 1. The lowest BCUT2D eigenvalue weighted by Gasteiger charge is -2.14. The highest BCUT2D eigenvalue weighted by molar-refractivity contribution is 7.89. The van der Waals surface area contributed by atoms with Gasteiger partial charge >= 0.3 is 5.97 Å². The summed E-state index contributed by atoms with van der Waals surface area (Å²) in [4.78, 5) is 17.3. The smallest absolute Gasteiger partial charge is 0.355 e. The summed E-state index contributed by atoms with van der Waals surface area (Å²) in [5.41, 5.74) is 2.96. The van der Waals surface area contributed by atoms with Gasteiger partial charge in [-0.2, -0.15) is 5.10 Å².